The van der Waals surface area contributed by atoms with Crippen LogP contribution < -0.4 is 5.73 Å². The molecule has 0 aliphatic carbocycles. The Morgan fingerprint density at radius 2 is 2.27 bits per heavy atom. The normalized spacial score (nSPS) is 11.8. The molecule has 0 spiro atoms. The molecule has 0 aliphatic heterocycles. The second-order valence-electron chi connectivity index (χ2n) is 1.71. The van der Waals surface area contributed by atoms with Crippen molar-refractivity contribution in [3.63, 3.8) is 0 Å². The Balaban J connectivity index is 0. The molecule has 3 nitrogen and oxygen atoms in total. The van der Waals surface area contributed by atoms with Gasteiger partial charge in [-0.05, 0) is 0 Å². The molecule has 68 valence electrons. The lowest BCUT2D eigenvalue weighted by Crippen LogP contribution is -2.32. The van der Waals surface area contributed by atoms with Crippen molar-refractivity contribution in [3.8, 4) is 0 Å². The number of hydrogen-bond acceptors (Lipinski definition) is 3. The molecular formula is C5H11Br2NO2S. The van der Waals surface area contributed by atoms with Gasteiger partial charge in [-0.2, -0.15) is 11.8 Å². The monoisotopic (exact) mass is 307 g/mol. The van der Waals surface area contributed by atoms with E-state index >= 15 is 0 Å². The van der Waals surface area contributed by atoms with Crippen LogP contribution in [0.2, 0.25) is 0 Å². The fraction of sp³-hybridized carbons (Fsp3) is 0.800. The summed E-state index contributed by atoms with van der Waals surface area (Å²) in [6.07, 6.45) is 0. The van der Waals surface area contributed by atoms with Gasteiger partial charge in [0.15, 0.2) is 0 Å². The maximum absolute atomic E-state index is 10.1. The van der Waals surface area contributed by atoms with Crippen molar-refractivity contribution in [1.82, 2.24) is 0 Å². The maximum atomic E-state index is 10.1. The number of alkyl halides is 1. The third-order valence-electron chi connectivity index (χ3n) is 0.836. The van der Waals surface area contributed by atoms with Crippen molar-refractivity contribution in [3.05, 3.63) is 0 Å². The summed E-state index contributed by atoms with van der Waals surface area (Å²) in [6, 6.07) is -0.718. The van der Waals surface area contributed by atoms with Crippen LogP contribution in [0.4, 0.5) is 0 Å². The molecule has 0 radical (unpaired) electrons. The van der Waals surface area contributed by atoms with Crippen molar-refractivity contribution in [1.29, 1.82) is 0 Å². The number of carbonyl (C=O) groups is 1. The Hall–Kier alpha value is 0.740. The third kappa shape index (κ3) is 8.65. The Bertz CT molecular complexity index is 115. The highest BCUT2D eigenvalue weighted by Crippen LogP contribution is 2.02. The first-order valence-electron chi connectivity index (χ1n) is 2.80. The number of rotatable bonds is 5. The lowest BCUT2D eigenvalue weighted by atomic mass is 10.4. The highest BCUT2D eigenvalue weighted by atomic mass is 79.9. The molecular weight excluding hydrogens is 298 g/mol. The van der Waals surface area contributed by atoms with E-state index in [-0.39, 0.29) is 17.0 Å². The van der Waals surface area contributed by atoms with Gasteiger partial charge in [0.05, 0.1) is 0 Å². The summed E-state index contributed by atoms with van der Waals surface area (Å²) in [7, 11) is 0. The lowest BCUT2D eigenvalue weighted by Gasteiger charge is -2.03. The van der Waals surface area contributed by atoms with Gasteiger partial charge in [-0.1, -0.05) is 15.9 Å². The molecule has 0 rings (SSSR count). The van der Waals surface area contributed by atoms with Crippen molar-refractivity contribution in [2.75, 3.05) is 16.8 Å². The van der Waals surface area contributed by atoms with Gasteiger partial charge in [0.1, 0.15) is 6.04 Å². The Morgan fingerprint density at radius 3 is 2.64 bits per heavy atom. The van der Waals surface area contributed by atoms with E-state index in [2.05, 4.69) is 15.9 Å². The molecule has 0 heterocycles. The van der Waals surface area contributed by atoms with Gasteiger partial charge in [-0.3, -0.25) is 4.79 Å². The van der Waals surface area contributed by atoms with Crippen molar-refractivity contribution < 1.29 is 9.90 Å². The standard InChI is InChI=1S/C5H10BrNO2S.BrH/c6-1-2-10-3-4(7)5(8)9;/h4H,1-3,7H2,(H,8,9);1H. The van der Waals surface area contributed by atoms with Gasteiger partial charge in [0, 0.05) is 16.8 Å². The molecule has 6 heteroatoms. The van der Waals surface area contributed by atoms with E-state index in [9.17, 15) is 4.79 Å². The number of halogens is 2. The molecule has 0 amide bonds. The zero-order valence-electron chi connectivity index (χ0n) is 5.83. The summed E-state index contributed by atoms with van der Waals surface area (Å²) in [6.45, 7) is 0. The summed E-state index contributed by atoms with van der Waals surface area (Å²) in [5.74, 6) is 0.462. The van der Waals surface area contributed by atoms with Crippen molar-refractivity contribution in [2.45, 2.75) is 6.04 Å². The van der Waals surface area contributed by atoms with Crippen molar-refractivity contribution in [2.24, 2.45) is 5.73 Å². The summed E-state index contributed by atoms with van der Waals surface area (Å²) < 4.78 is 0. The van der Waals surface area contributed by atoms with E-state index in [1.165, 1.54) is 11.8 Å². The molecule has 11 heavy (non-hydrogen) atoms. The van der Waals surface area contributed by atoms with Crippen LogP contribution in [0.3, 0.4) is 0 Å². The minimum absolute atomic E-state index is 0. The lowest BCUT2D eigenvalue weighted by molar-refractivity contribution is -0.137. The molecule has 3 N–H and O–H groups in total. The first-order valence-corrected chi connectivity index (χ1v) is 5.08. The number of thioether (sulfide) groups is 1. The van der Waals surface area contributed by atoms with Gasteiger partial charge in [-0.25, -0.2) is 0 Å². The van der Waals surface area contributed by atoms with E-state index in [0.29, 0.717) is 5.75 Å². The van der Waals surface area contributed by atoms with Gasteiger partial charge < -0.3 is 10.8 Å². The molecule has 0 fully saturated rings. The summed E-state index contributed by atoms with van der Waals surface area (Å²) in [5, 5.41) is 9.21. The Kier molecular flexibility index (Phi) is 11.5. The quantitative estimate of drug-likeness (QED) is 0.590. The molecule has 1 unspecified atom stereocenters. The summed E-state index contributed by atoms with van der Waals surface area (Å²) in [4.78, 5) is 10.1. The predicted molar refractivity (Wildman–Crippen MR) is 57.1 cm³/mol. The summed E-state index contributed by atoms with van der Waals surface area (Å²) >= 11 is 4.76. The number of aliphatic carboxylic acids is 1. The highest BCUT2D eigenvalue weighted by Gasteiger charge is 2.09. The first kappa shape index (κ1) is 14.3. The maximum Gasteiger partial charge on any atom is 0.321 e. The molecule has 0 bridgehead atoms. The third-order valence-corrected chi connectivity index (χ3v) is 2.85. The van der Waals surface area contributed by atoms with Crippen LogP contribution in [0.15, 0.2) is 0 Å². The number of hydrogen-bond donors (Lipinski definition) is 2. The second kappa shape index (κ2) is 8.83. The molecule has 0 aromatic carbocycles. The second-order valence-corrected chi connectivity index (χ2v) is 3.65. The average molecular weight is 309 g/mol. The topological polar surface area (TPSA) is 63.3 Å². The largest absolute Gasteiger partial charge is 0.480 e. The molecule has 0 saturated carbocycles. The predicted octanol–water partition coefficient (Wildman–Crippen LogP) is 1.10. The zero-order chi connectivity index (χ0) is 7.98. The molecule has 0 aromatic rings. The molecule has 0 aromatic heterocycles. The minimum atomic E-state index is -0.929. The Morgan fingerprint density at radius 1 is 1.73 bits per heavy atom. The minimum Gasteiger partial charge on any atom is -0.480 e. The van der Waals surface area contributed by atoms with Crippen LogP contribution in [-0.4, -0.2) is 34.0 Å². The van der Waals surface area contributed by atoms with E-state index in [0.717, 1.165) is 11.1 Å². The molecule has 1 atom stereocenters. The van der Waals surface area contributed by atoms with E-state index in [1.54, 1.807) is 0 Å². The molecule has 0 saturated heterocycles. The van der Waals surface area contributed by atoms with Crippen LogP contribution in [0.5, 0.6) is 0 Å². The number of carboxylic acids is 1. The SMILES string of the molecule is Br.NC(CSCCBr)C(=O)O. The number of carboxylic acid groups (broad SMARTS) is 1. The van der Waals surface area contributed by atoms with Crippen LogP contribution in [0.1, 0.15) is 0 Å². The first-order chi connectivity index (χ1) is 4.68. The number of nitrogens with two attached hydrogens (primary N) is 1. The van der Waals surface area contributed by atoms with Gasteiger partial charge in [0.2, 0.25) is 0 Å². The van der Waals surface area contributed by atoms with Crippen LogP contribution in [0, 0.1) is 0 Å². The van der Waals surface area contributed by atoms with E-state index in [4.69, 9.17) is 10.8 Å². The fourth-order valence-electron chi connectivity index (χ4n) is 0.336. The van der Waals surface area contributed by atoms with Crippen LogP contribution >= 0.6 is 44.7 Å². The van der Waals surface area contributed by atoms with Gasteiger partial charge >= 0.3 is 5.97 Å². The van der Waals surface area contributed by atoms with E-state index < -0.39 is 12.0 Å². The zero-order valence-corrected chi connectivity index (χ0v) is 9.94. The van der Waals surface area contributed by atoms with E-state index in [1.807, 2.05) is 0 Å². The highest BCUT2D eigenvalue weighted by molar-refractivity contribution is 9.09. The van der Waals surface area contributed by atoms with Crippen LogP contribution in [0.25, 0.3) is 0 Å². The fourth-order valence-corrected chi connectivity index (χ4v) is 1.70. The smallest absolute Gasteiger partial charge is 0.321 e. The van der Waals surface area contributed by atoms with Crippen LogP contribution in [-0.2, 0) is 4.79 Å². The van der Waals surface area contributed by atoms with Crippen molar-refractivity contribution >= 4 is 50.6 Å². The molecule has 0 aliphatic rings. The van der Waals surface area contributed by atoms with Gasteiger partial charge in [-0.15, -0.1) is 17.0 Å². The van der Waals surface area contributed by atoms with Gasteiger partial charge in [0.25, 0.3) is 0 Å². The average Bonchev–Trinajstić information content (AvgIpc) is 1.88. The Labute approximate surface area is 89.0 Å². The summed E-state index contributed by atoms with van der Waals surface area (Å²) in [5.41, 5.74) is 5.22.